The second-order valence-corrected chi connectivity index (χ2v) is 6.66. The molecule has 23 heavy (non-hydrogen) atoms. The maximum atomic E-state index is 12.0. The van der Waals surface area contributed by atoms with Crippen LogP contribution in [0.2, 0.25) is 5.02 Å². The number of quaternary nitrogens is 2. The number of amides is 1. The van der Waals surface area contributed by atoms with Crippen LogP contribution in [0.15, 0.2) is 24.3 Å². The van der Waals surface area contributed by atoms with Crippen LogP contribution in [-0.4, -0.2) is 51.3 Å². The van der Waals surface area contributed by atoms with Gasteiger partial charge in [0.15, 0.2) is 0 Å². The van der Waals surface area contributed by atoms with Gasteiger partial charge in [-0.05, 0) is 31.2 Å². The molecule has 0 saturated carbocycles. The molecule has 2 rings (SSSR count). The molecule has 1 aliphatic heterocycles. The zero-order valence-electron chi connectivity index (χ0n) is 13.8. The quantitative estimate of drug-likeness (QED) is 0.580. The SMILES string of the molecule is C[C@@H](CC(=O)Nc1ccc(Cl)cc1)[NH2+]CCC[NH+]1CCOCC1. The van der Waals surface area contributed by atoms with E-state index in [9.17, 15) is 4.79 Å². The van der Waals surface area contributed by atoms with Crippen molar-refractivity contribution in [3.8, 4) is 0 Å². The molecule has 0 unspecified atom stereocenters. The topological polar surface area (TPSA) is 59.4 Å². The number of morpholine rings is 1. The van der Waals surface area contributed by atoms with E-state index in [-0.39, 0.29) is 5.91 Å². The normalized spacial score (nSPS) is 17.0. The van der Waals surface area contributed by atoms with Crippen molar-refractivity contribution in [2.24, 2.45) is 0 Å². The van der Waals surface area contributed by atoms with Crippen molar-refractivity contribution in [1.29, 1.82) is 0 Å². The molecule has 6 heteroatoms. The first-order valence-corrected chi connectivity index (χ1v) is 8.81. The summed E-state index contributed by atoms with van der Waals surface area (Å²) in [5.74, 6) is 0.0508. The van der Waals surface area contributed by atoms with Gasteiger partial charge in [0.2, 0.25) is 5.91 Å². The summed E-state index contributed by atoms with van der Waals surface area (Å²) >= 11 is 5.83. The monoisotopic (exact) mass is 341 g/mol. The maximum absolute atomic E-state index is 12.0. The van der Waals surface area contributed by atoms with Gasteiger partial charge < -0.3 is 20.3 Å². The summed E-state index contributed by atoms with van der Waals surface area (Å²) < 4.78 is 5.36. The Kier molecular flexibility index (Phi) is 7.82. The van der Waals surface area contributed by atoms with Gasteiger partial charge in [-0.1, -0.05) is 11.6 Å². The summed E-state index contributed by atoms with van der Waals surface area (Å²) in [6.45, 7) is 8.39. The summed E-state index contributed by atoms with van der Waals surface area (Å²) in [6.07, 6.45) is 1.70. The lowest BCUT2D eigenvalue weighted by atomic mass is 10.2. The highest BCUT2D eigenvalue weighted by atomic mass is 35.5. The van der Waals surface area contributed by atoms with Gasteiger partial charge in [0.25, 0.3) is 0 Å². The number of rotatable bonds is 8. The minimum atomic E-state index is 0.0508. The zero-order valence-corrected chi connectivity index (χ0v) is 14.6. The van der Waals surface area contributed by atoms with Crippen LogP contribution in [-0.2, 0) is 9.53 Å². The van der Waals surface area contributed by atoms with Crippen molar-refractivity contribution >= 4 is 23.2 Å². The number of ether oxygens (including phenoxy) is 1. The number of hydrogen-bond acceptors (Lipinski definition) is 2. The van der Waals surface area contributed by atoms with E-state index in [1.807, 2.05) is 12.1 Å². The molecule has 0 aromatic heterocycles. The summed E-state index contributed by atoms with van der Waals surface area (Å²) in [4.78, 5) is 13.6. The molecule has 1 aromatic rings. The van der Waals surface area contributed by atoms with E-state index in [2.05, 4.69) is 17.6 Å². The van der Waals surface area contributed by atoms with Crippen molar-refractivity contribution < 1.29 is 19.7 Å². The van der Waals surface area contributed by atoms with E-state index in [4.69, 9.17) is 16.3 Å². The van der Waals surface area contributed by atoms with Gasteiger partial charge in [-0.15, -0.1) is 0 Å². The molecule has 1 heterocycles. The minimum absolute atomic E-state index is 0.0508. The van der Waals surface area contributed by atoms with Gasteiger partial charge in [-0.25, -0.2) is 0 Å². The summed E-state index contributed by atoms with van der Waals surface area (Å²) in [7, 11) is 0. The summed E-state index contributed by atoms with van der Waals surface area (Å²) in [6, 6.07) is 7.49. The zero-order chi connectivity index (χ0) is 16.5. The van der Waals surface area contributed by atoms with Crippen LogP contribution in [0.5, 0.6) is 0 Å². The van der Waals surface area contributed by atoms with Crippen molar-refractivity contribution in [2.75, 3.05) is 44.7 Å². The van der Waals surface area contributed by atoms with Gasteiger partial charge >= 0.3 is 0 Å². The lowest BCUT2D eigenvalue weighted by molar-refractivity contribution is -0.909. The van der Waals surface area contributed by atoms with Crippen molar-refractivity contribution in [2.45, 2.75) is 25.8 Å². The number of nitrogens with two attached hydrogens (primary N) is 1. The number of hydrogen-bond donors (Lipinski definition) is 3. The van der Waals surface area contributed by atoms with Gasteiger partial charge in [-0.2, -0.15) is 0 Å². The van der Waals surface area contributed by atoms with Gasteiger partial charge in [0.1, 0.15) is 13.1 Å². The van der Waals surface area contributed by atoms with Crippen LogP contribution in [0.3, 0.4) is 0 Å². The lowest BCUT2D eigenvalue weighted by Gasteiger charge is -2.23. The Hall–Kier alpha value is -1.14. The van der Waals surface area contributed by atoms with Crippen LogP contribution in [0.1, 0.15) is 19.8 Å². The molecule has 1 amide bonds. The lowest BCUT2D eigenvalue weighted by Crippen LogP contribution is -3.14. The van der Waals surface area contributed by atoms with Gasteiger partial charge in [0, 0.05) is 17.1 Å². The Morgan fingerprint density at radius 1 is 1.35 bits per heavy atom. The third kappa shape index (κ3) is 7.31. The Labute approximate surface area is 143 Å². The molecule has 0 radical (unpaired) electrons. The molecular weight excluding hydrogens is 314 g/mol. The third-order valence-corrected chi connectivity index (χ3v) is 4.39. The fraction of sp³-hybridized carbons (Fsp3) is 0.588. The van der Waals surface area contributed by atoms with Gasteiger partial charge in [0.05, 0.1) is 38.8 Å². The molecule has 5 nitrogen and oxygen atoms in total. The molecule has 1 aromatic carbocycles. The number of nitrogens with one attached hydrogen (secondary N) is 2. The number of benzene rings is 1. The minimum Gasteiger partial charge on any atom is -0.370 e. The second-order valence-electron chi connectivity index (χ2n) is 6.23. The standard InChI is InChI=1S/C17H26ClN3O2/c1-14(19-7-2-8-21-9-11-23-12-10-21)13-17(22)20-16-5-3-15(18)4-6-16/h3-6,14,19H,2,7-13H2,1H3,(H,20,22)/p+2/t14-/m0/s1. The van der Waals surface area contributed by atoms with Crippen molar-refractivity contribution in [1.82, 2.24) is 0 Å². The average Bonchev–Trinajstić information content (AvgIpc) is 2.55. The highest BCUT2D eigenvalue weighted by Crippen LogP contribution is 2.13. The molecule has 1 fully saturated rings. The van der Waals surface area contributed by atoms with Gasteiger partial charge in [-0.3, -0.25) is 4.79 Å². The average molecular weight is 342 g/mol. The number of carbonyl (C=O) groups excluding carboxylic acids is 1. The van der Waals surface area contributed by atoms with Crippen LogP contribution in [0.25, 0.3) is 0 Å². The predicted octanol–water partition coefficient (Wildman–Crippen LogP) is -0.0743. The molecule has 1 aliphatic rings. The molecular formula is C17H28ClN3O2+2. The van der Waals surface area contributed by atoms with Crippen molar-refractivity contribution in [3.63, 3.8) is 0 Å². The Morgan fingerprint density at radius 2 is 2.04 bits per heavy atom. The molecule has 1 atom stereocenters. The molecule has 0 bridgehead atoms. The number of anilines is 1. The van der Waals surface area contributed by atoms with E-state index < -0.39 is 0 Å². The van der Waals surface area contributed by atoms with E-state index in [1.165, 1.54) is 13.0 Å². The van der Waals surface area contributed by atoms with Crippen LogP contribution >= 0.6 is 11.6 Å². The molecule has 0 spiro atoms. The Bertz CT molecular complexity index is 475. The smallest absolute Gasteiger partial charge is 0.230 e. The number of halogens is 1. The first-order chi connectivity index (χ1) is 11.1. The molecule has 0 aliphatic carbocycles. The fourth-order valence-electron chi connectivity index (χ4n) is 2.79. The highest BCUT2D eigenvalue weighted by molar-refractivity contribution is 6.30. The Balaban J connectivity index is 1.57. The highest BCUT2D eigenvalue weighted by Gasteiger charge is 2.15. The first-order valence-electron chi connectivity index (χ1n) is 8.43. The Morgan fingerprint density at radius 3 is 2.74 bits per heavy atom. The van der Waals surface area contributed by atoms with E-state index in [0.717, 1.165) is 38.5 Å². The summed E-state index contributed by atoms with van der Waals surface area (Å²) in [5, 5.41) is 5.85. The van der Waals surface area contributed by atoms with E-state index in [0.29, 0.717) is 17.5 Å². The molecule has 128 valence electrons. The molecule has 4 N–H and O–H groups in total. The number of carbonyl (C=O) groups is 1. The van der Waals surface area contributed by atoms with Crippen molar-refractivity contribution in [3.05, 3.63) is 29.3 Å². The van der Waals surface area contributed by atoms with E-state index in [1.54, 1.807) is 17.0 Å². The van der Waals surface area contributed by atoms with Crippen LogP contribution in [0.4, 0.5) is 5.69 Å². The van der Waals surface area contributed by atoms with Crippen LogP contribution < -0.4 is 15.5 Å². The molecule has 1 saturated heterocycles. The van der Waals surface area contributed by atoms with Crippen LogP contribution in [0, 0.1) is 0 Å². The summed E-state index contributed by atoms with van der Waals surface area (Å²) in [5.41, 5.74) is 0.794. The largest absolute Gasteiger partial charge is 0.370 e. The second kappa shape index (κ2) is 9.88. The van der Waals surface area contributed by atoms with E-state index >= 15 is 0 Å². The fourth-order valence-corrected chi connectivity index (χ4v) is 2.91. The maximum Gasteiger partial charge on any atom is 0.230 e. The third-order valence-electron chi connectivity index (χ3n) is 4.14. The predicted molar refractivity (Wildman–Crippen MR) is 92.0 cm³/mol. The first kappa shape index (κ1) is 18.2.